The van der Waals surface area contributed by atoms with E-state index in [0.29, 0.717) is 0 Å². The van der Waals surface area contributed by atoms with Crippen LogP contribution in [0.4, 0.5) is 0 Å². The lowest BCUT2D eigenvalue weighted by molar-refractivity contribution is 0.408. The molecule has 0 heterocycles. The van der Waals surface area contributed by atoms with Gasteiger partial charge >= 0.3 is 0 Å². The third kappa shape index (κ3) is 2.99. The van der Waals surface area contributed by atoms with Crippen LogP contribution in [0.2, 0.25) is 12.6 Å². The molecule has 0 amide bonds. The highest BCUT2D eigenvalue weighted by Gasteiger charge is 2.21. The Bertz CT molecular complexity index is 122. The third-order valence-electron chi connectivity index (χ3n) is 1.74. The number of hydrogen-bond donors (Lipinski definition) is 0. The quantitative estimate of drug-likeness (QED) is 0.439. The van der Waals surface area contributed by atoms with Gasteiger partial charge in [-0.1, -0.05) is 11.8 Å². The van der Waals surface area contributed by atoms with Crippen LogP contribution in [0.3, 0.4) is 0 Å². The molecule has 2 heteroatoms. The highest BCUT2D eigenvalue weighted by molar-refractivity contribution is 6.77. The molecule has 0 aromatic heterocycles. The van der Waals surface area contributed by atoms with E-state index in [1.165, 1.54) is 0 Å². The van der Waals surface area contributed by atoms with Crippen LogP contribution in [0.15, 0.2) is 24.9 Å². The Morgan fingerprint density at radius 2 is 2.10 bits per heavy atom. The summed E-state index contributed by atoms with van der Waals surface area (Å²) in [6.07, 6.45) is 2.95. The second-order valence-electron chi connectivity index (χ2n) is 2.55. The Labute approximate surface area is 64.5 Å². The van der Waals surface area contributed by atoms with E-state index in [2.05, 4.69) is 19.7 Å². The normalized spacial score (nSPS) is 15.8. The fourth-order valence-electron chi connectivity index (χ4n) is 0.676. The minimum Gasteiger partial charge on any atom is -0.416 e. The first-order valence-electron chi connectivity index (χ1n) is 3.48. The summed E-state index contributed by atoms with van der Waals surface area (Å²) in [7, 11) is 0.235. The van der Waals surface area contributed by atoms with Crippen molar-refractivity contribution in [1.29, 1.82) is 0 Å². The van der Waals surface area contributed by atoms with Crippen molar-refractivity contribution >= 4 is 8.32 Å². The smallest absolute Gasteiger partial charge is 0.213 e. The Balaban J connectivity index is 3.79. The van der Waals surface area contributed by atoms with Crippen LogP contribution in [-0.2, 0) is 4.43 Å². The van der Waals surface area contributed by atoms with E-state index in [0.717, 1.165) is 12.5 Å². The van der Waals surface area contributed by atoms with Gasteiger partial charge < -0.3 is 4.43 Å². The molecule has 0 N–H and O–H groups in total. The second-order valence-corrected chi connectivity index (χ2v) is 6.49. The van der Waals surface area contributed by atoms with Gasteiger partial charge in [0.2, 0.25) is 8.32 Å². The van der Waals surface area contributed by atoms with Gasteiger partial charge in [-0.15, -0.1) is 13.2 Å². The number of allylic oxidation sites excluding steroid dienone is 1. The standard InChI is InChI=1S/C8H16OSi/c1-5-7-8-10(4,6-2)9-3/h5-6H,1-2,7-8H2,3-4H3. The van der Waals surface area contributed by atoms with E-state index >= 15 is 0 Å². The van der Waals surface area contributed by atoms with Gasteiger partial charge in [0.15, 0.2) is 0 Å². The van der Waals surface area contributed by atoms with Crippen molar-refractivity contribution in [2.75, 3.05) is 7.11 Å². The summed E-state index contributed by atoms with van der Waals surface area (Å²) in [6, 6.07) is 1.09. The molecule has 0 radical (unpaired) electrons. The van der Waals surface area contributed by atoms with Crippen LogP contribution in [0.25, 0.3) is 0 Å². The fourth-order valence-corrected chi connectivity index (χ4v) is 2.03. The van der Waals surface area contributed by atoms with Crippen LogP contribution in [0, 0.1) is 0 Å². The lowest BCUT2D eigenvalue weighted by atomic mass is 10.5. The van der Waals surface area contributed by atoms with Crippen molar-refractivity contribution in [3.05, 3.63) is 24.9 Å². The third-order valence-corrected chi connectivity index (χ3v) is 4.82. The van der Waals surface area contributed by atoms with Gasteiger partial charge in [0.25, 0.3) is 0 Å². The second kappa shape index (κ2) is 4.47. The SMILES string of the molecule is C=CCC[Si](C)(C=C)OC. The average molecular weight is 156 g/mol. The van der Waals surface area contributed by atoms with Gasteiger partial charge in [0.05, 0.1) is 0 Å². The predicted octanol–water partition coefficient (Wildman–Crippen LogP) is 2.51. The summed E-state index contributed by atoms with van der Waals surface area (Å²) in [5, 5.41) is 0. The number of hydrogen-bond acceptors (Lipinski definition) is 1. The van der Waals surface area contributed by atoms with Gasteiger partial charge in [-0.3, -0.25) is 0 Å². The van der Waals surface area contributed by atoms with Crippen molar-refractivity contribution in [3.63, 3.8) is 0 Å². The minimum absolute atomic E-state index is 1.03. The van der Waals surface area contributed by atoms with E-state index in [1.54, 1.807) is 7.11 Å². The molecule has 0 aliphatic carbocycles. The summed E-state index contributed by atoms with van der Waals surface area (Å²) < 4.78 is 5.36. The van der Waals surface area contributed by atoms with Crippen LogP contribution in [-0.4, -0.2) is 15.4 Å². The molecule has 1 atom stereocenters. The largest absolute Gasteiger partial charge is 0.416 e. The van der Waals surface area contributed by atoms with Crippen molar-refractivity contribution < 1.29 is 4.43 Å². The van der Waals surface area contributed by atoms with Crippen LogP contribution >= 0.6 is 0 Å². The predicted molar refractivity (Wildman–Crippen MR) is 48.4 cm³/mol. The molecule has 0 saturated carbocycles. The lowest BCUT2D eigenvalue weighted by Crippen LogP contribution is -2.29. The molecule has 0 rings (SSSR count). The lowest BCUT2D eigenvalue weighted by Gasteiger charge is -2.19. The topological polar surface area (TPSA) is 9.23 Å². The highest BCUT2D eigenvalue weighted by Crippen LogP contribution is 2.13. The summed E-state index contributed by atoms with van der Waals surface area (Å²) in [5.74, 6) is 0. The average Bonchev–Trinajstić information content (AvgIpc) is 2.00. The molecule has 0 fully saturated rings. The van der Waals surface area contributed by atoms with Gasteiger partial charge in [-0.05, 0) is 19.0 Å². The Hall–Kier alpha value is -0.343. The maximum absolute atomic E-state index is 5.36. The maximum Gasteiger partial charge on any atom is 0.213 e. The first-order chi connectivity index (χ1) is 4.68. The van der Waals surface area contributed by atoms with Gasteiger partial charge in [-0.25, -0.2) is 0 Å². The molecule has 0 aliphatic rings. The molecular weight excluding hydrogens is 140 g/mol. The van der Waals surface area contributed by atoms with Crippen LogP contribution < -0.4 is 0 Å². The van der Waals surface area contributed by atoms with E-state index in [9.17, 15) is 0 Å². The highest BCUT2D eigenvalue weighted by atomic mass is 28.4. The maximum atomic E-state index is 5.36. The number of rotatable bonds is 5. The van der Waals surface area contributed by atoms with E-state index < -0.39 is 8.32 Å². The first kappa shape index (κ1) is 9.66. The van der Waals surface area contributed by atoms with E-state index in [1.807, 2.05) is 11.8 Å². The monoisotopic (exact) mass is 156 g/mol. The van der Waals surface area contributed by atoms with Gasteiger partial charge in [-0.2, -0.15) is 0 Å². The van der Waals surface area contributed by atoms with Crippen molar-refractivity contribution in [3.8, 4) is 0 Å². The molecular formula is C8H16OSi. The zero-order valence-electron chi connectivity index (χ0n) is 6.89. The molecule has 0 bridgehead atoms. The molecule has 0 aromatic rings. The summed E-state index contributed by atoms with van der Waals surface area (Å²) in [5.41, 5.74) is 1.97. The molecule has 1 unspecified atom stereocenters. The fraction of sp³-hybridized carbons (Fsp3) is 0.500. The Morgan fingerprint density at radius 3 is 2.40 bits per heavy atom. The Morgan fingerprint density at radius 1 is 1.50 bits per heavy atom. The van der Waals surface area contributed by atoms with E-state index in [-0.39, 0.29) is 0 Å². The van der Waals surface area contributed by atoms with Crippen LogP contribution in [0.1, 0.15) is 6.42 Å². The van der Waals surface area contributed by atoms with Crippen molar-refractivity contribution in [2.45, 2.75) is 19.0 Å². The summed E-state index contributed by atoms with van der Waals surface area (Å²) in [6.45, 7) is 9.58. The van der Waals surface area contributed by atoms with Gasteiger partial charge in [0.1, 0.15) is 0 Å². The Kier molecular flexibility index (Phi) is 4.32. The molecule has 58 valence electrons. The van der Waals surface area contributed by atoms with Gasteiger partial charge in [0, 0.05) is 7.11 Å². The molecule has 0 saturated heterocycles. The minimum atomic E-state index is -1.53. The molecule has 0 aliphatic heterocycles. The first-order valence-corrected chi connectivity index (χ1v) is 6.17. The molecule has 0 spiro atoms. The summed E-state index contributed by atoms with van der Waals surface area (Å²) in [4.78, 5) is 0. The summed E-state index contributed by atoms with van der Waals surface area (Å²) >= 11 is 0. The van der Waals surface area contributed by atoms with Crippen molar-refractivity contribution in [2.24, 2.45) is 0 Å². The van der Waals surface area contributed by atoms with E-state index in [4.69, 9.17) is 4.43 Å². The molecule has 10 heavy (non-hydrogen) atoms. The zero-order chi connectivity index (χ0) is 8.04. The van der Waals surface area contributed by atoms with Crippen LogP contribution in [0.5, 0.6) is 0 Å². The molecule has 0 aromatic carbocycles. The molecule has 1 nitrogen and oxygen atoms in total. The van der Waals surface area contributed by atoms with Crippen molar-refractivity contribution in [1.82, 2.24) is 0 Å². The zero-order valence-corrected chi connectivity index (χ0v) is 7.89.